The van der Waals surface area contributed by atoms with E-state index in [4.69, 9.17) is 17.3 Å². The van der Waals surface area contributed by atoms with E-state index < -0.39 is 6.04 Å². The minimum atomic E-state index is -0.626. The van der Waals surface area contributed by atoms with Crippen molar-refractivity contribution in [2.45, 2.75) is 26.3 Å². The number of benzene rings is 1. The molecular weight excluding hydrogens is 368 g/mol. The van der Waals surface area contributed by atoms with Crippen LogP contribution in [0.5, 0.6) is 0 Å². The second-order valence-corrected chi connectivity index (χ2v) is 7.49. The van der Waals surface area contributed by atoms with Gasteiger partial charge in [0.1, 0.15) is 0 Å². The molecule has 1 fully saturated rings. The van der Waals surface area contributed by atoms with Gasteiger partial charge in [0.15, 0.2) is 0 Å². The molecule has 1 atom stereocenters. The van der Waals surface area contributed by atoms with Crippen LogP contribution in [0.15, 0.2) is 24.3 Å². The van der Waals surface area contributed by atoms with Gasteiger partial charge in [-0.25, -0.2) is 0 Å². The van der Waals surface area contributed by atoms with Crippen molar-refractivity contribution in [1.82, 2.24) is 15.1 Å². The molecule has 0 aromatic heterocycles. The van der Waals surface area contributed by atoms with Crippen LogP contribution in [-0.4, -0.2) is 66.3 Å². The summed E-state index contributed by atoms with van der Waals surface area (Å²) in [5.74, 6) is -0.468. The van der Waals surface area contributed by atoms with E-state index in [1.165, 1.54) is 0 Å². The second-order valence-electron chi connectivity index (χ2n) is 7.06. The highest BCUT2D eigenvalue weighted by Gasteiger charge is 2.25. The first-order valence-corrected chi connectivity index (χ1v) is 9.49. The van der Waals surface area contributed by atoms with Crippen LogP contribution in [0, 0.1) is 5.92 Å². The lowest BCUT2D eigenvalue weighted by Crippen LogP contribution is -2.54. The minimum Gasteiger partial charge on any atom is -0.346 e. The lowest BCUT2D eigenvalue weighted by Gasteiger charge is -2.35. The van der Waals surface area contributed by atoms with E-state index in [0.29, 0.717) is 31.2 Å². The van der Waals surface area contributed by atoms with Gasteiger partial charge in [-0.2, -0.15) is 0 Å². The Kier molecular flexibility index (Phi) is 7.62. The van der Waals surface area contributed by atoms with Gasteiger partial charge >= 0.3 is 0 Å². The first-order valence-electron chi connectivity index (χ1n) is 9.11. The Morgan fingerprint density at radius 1 is 1.11 bits per heavy atom. The molecule has 3 N–H and O–H groups in total. The van der Waals surface area contributed by atoms with Crippen molar-refractivity contribution in [2.24, 2.45) is 11.7 Å². The smallest absolute Gasteiger partial charge is 0.242 e. The van der Waals surface area contributed by atoms with Crippen molar-refractivity contribution in [3.63, 3.8) is 0 Å². The first kappa shape index (κ1) is 21.2. The molecule has 0 spiro atoms. The molecule has 148 valence electrons. The molecule has 7 nitrogen and oxygen atoms in total. The third kappa shape index (κ3) is 6.22. The number of hydrogen-bond donors (Lipinski definition) is 2. The van der Waals surface area contributed by atoms with Crippen molar-refractivity contribution < 1.29 is 14.4 Å². The van der Waals surface area contributed by atoms with E-state index in [0.717, 1.165) is 5.56 Å². The number of carbonyl (C=O) groups is 3. The molecule has 0 radical (unpaired) electrons. The third-order valence-corrected chi connectivity index (χ3v) is 4.90. The minimum absolute atomic E-state index is 0.00848. The van der Waals surface area contributed by atoms with Crippen LogP contribution in [0.1, 0.15) is 19.4 Å². The zero-order valence-electron chi connectivity index (χ0n) is 15.8. The highest BCUT2D eigenvalue weighted by atomic mass is 35.5. The summed E-state index contributed by atoms with van der Waals surface area (Å²) >= 11 is 5.95. The van der Waals surface area contributed by atoms with Crippen LogP contribution in [0.4, 0.5) is 0 Å². The SMILES string of the molecule is CC(C)[C@H](N)C(=O)NCC(=O)N1CCN(C(=O)Cc2cccc(Cl)c2)CC1. The standard InChI is InChI=1S/C19H27ClN4O3/c1-13(2)18(21)19(27)22-12-17(26)24-8-6-23(7-9-24)16(25)11-14-4-3-5-15(20)10-14/h3-5,10,13,18H,6-9,11-12,21H2,1-2H3,(H,22,27)/t18-/m0/s1. The van der Waals surface area contributed by atoms with Gasteiger partial charge in [0.05, 0.1) is 19.0 Å². The van der Waals surface area contributed by atoms with Gasteiger partial charge in [0, 0.05) is 31.2 Å². The normalized spacial score (nSPS) is 15.6. The molecule has 0 aliphatic carbocycles. The van der Waals surface area contributed by atoms with Crippen molar-refractivity contribution in [3.05, 3.63) is 34.9 Å². The molecule has 0 bridgehead atoms. The second kappa shape index (κ2) is 9.71. The number of nitrogens with two attached hydrogens (primary N) is 1. The Balaban J connectivity index is 1.76. The number of amides is 3. The van der Waals surface area contributed by atoms with E-state index in [-0.39, 0.29) is 36.6 Å². The molecule has 1 heterocycles. The maximum absolute atomic E-state index is 12.4. The number of piperazine rings is 1. The Hall–Kier alpha value is -2.12. The molecule has 3 amide bonds. The molecule has 2 rings (SSSR count). The zero-order chi connectivity index (χ0) is 20.0. The number of nitrogens with zero attached hydrogens (tertiary/aromatic N) is 2. The molecule has 1 aromatic rings. The Morgan fingerprint density at radius 2 is 1.70 bits per heavy atom. The lowest BCUT2D eigenvalue weighted by molar-refractivity contribution is -0.139. The quantitative estimate of drug-likeness (QED) is 0.740. The molecular formula is C19H27ClN4O3. The monoisotopic (exact) mass is 394 g/mol. The van der Waals surface area contributed by atoms with Gasteiger partial charge in [-0.1, -0.05) is 37.6 Å². The molecule has 1 aliphatic rings. The average Bonchev–Trinajstić information content (AvgIpc) is 2.65. The Bertz CT molecular complexity index is 687. The van der Waals surface area contributed by atoms with Crippen LogP contribution in [0.3, 0.4) is 0 Å². The van der Waals surface area contributed by atoms with Crippen molar-refractivity contribution in [2.75, 3.05) is 32.7 Å². The maximum Gasteiger partial charge on any atom is 0.242 e. The van der Waals surface area contributed by atoms with E-state index in [9.17, 15) is 14.4 Å². The van der Waals surface area contributed by atoms with Gasteiger partial charge in [-0.3, -0.25) is 14.4 Å². The van der Waals surface area contributed by atoms with Crippen molar-refractivity contribution in [3.8, 4) is 0 Å². The van der Waals surface area contributed by atoms with E-state index in [1.807, 2.05) is 26.0 Å². The Morgan fingerprint density at radius 3 is 2.26 bits per heavy atom. The molecule has 0 unspecified atom stereocenters. The van der Waals surface area contributed by atoms with Gasteiger partial charge < -0.3 is 20.9 Å². The summed E-state index contributed by atoms with van der Waals surface area (Å²) in [6.07, 6.45) is 0.289. The summed E-state index contributed by atoms with van der Waals surface area (Å²) in [7, 11) is 0. The van der Waals surface area contributed by atoms with Crippen LogP contribution in [-0.2, 0) is 20.8 Å². The fourth-order valence-corrected chi connectivity index (χ4v) is 3.05. The van der Waals surface area contributed by atoms with Gasteiger partial charge in [-0.05, 0) is 23.6 Å². The summed E-state index contributed by atoms with van der Waals surface area (Å²) in [4.78, 5) is 39.9. The molecule has 0 saturated carbocycles. The number of hydrogen-bond acceptors (Lipinski definition) is 4. The first-order chi connectivity index (χ1) is 12.8. The summed E-state index contributed by atoms with van der Waals surface area (Å²) in [5.41, 5.74) is 6.63. The van der Waals surface area contributed by atoms with Crippen molar-refractivity contribution >= 4 is 29.3 Å². The fourth-order valence-electron chi connectivity index (χ4n) is 2.83. The highest BCUT2D eigenvalue weighted by Crippen LogP contribution is 2.13. The number of halogens is 1. The predicted molar refractivity (Wildman–Crippen MR) is 104 cm³/mol. The third-order valence-electron chi connectivity index (χ3n) is 4.66. The predicted octanol–water partition coefficient (Wildman–Crippen LogP) is 0.653. The molecule has 1 aromatic carbocycles. The molecule has 8 heteroatoms. The van der Waals surface area contributed by atoms with Crippen LogP contribution in [0.2, 0.25) is 5.02 Å². The average molecular weight is 395 g/mol. The number of carbonyl (C=O) groups excluding carboxylic acids is 3. The summed E-state index contributed by atoms with van der Waals surface area (Å²) < 4.78 is 0. The summed E-state index contributed by atoms with van der Waals surface area (Å²) in [5, 5.41) is 3.19. The number of rotatable bonds is 6. The number of nitrogens with one attached hydrogen (secondary N) is 1. The largest absolute Gasteiger partial charge is 0.346 e. The maximum atomic E-state index is 12.4. The molecule has 1 saturated heterocycles. The molecule has 1 aliphatic heterocycles. The van der Waals surface area contributed by atoms with Gasteiger partial charge in [0.25, 0.3) is 0 Å². The lowest BCUT2D eigenvalue weighted by atomic mass is 10.1. The van der Waals surface area contributed by atoms with E-state index in [2.05, 4.69) is 5.32 Å². The van der Waals surface area contributed by atoms with E-state index in [1.54, 1.807) is 21.9 Å². The van der Waals surface area contributed by atoms with Crippen molar-refractivity contribution in [1.29, 1.82) is 0 Å². The van der Waals surface area contributed by atoms with Crippen LogP contribution >= 0.6 is 11.6 Å². The topological polar surface area (TPSA) is 95.7 Å². The molecule has 27 heavy (non-hydrogen) atoms. The van der Waals surface area contributed by atoms with E-state index >= 15 is 0 Å². The van der Waals surface area contributed by atoms with Crippen LogP contribution in [0.25, 0.3) is 0 Å². The van der Waals surface area contributed by atoms with Crippen LogP contribution < -0.4 is 11.1 Å². The van der Waals surface area contributed by atoms with Gasteiger partial charge in [0.2, 0.25) is 17.7 Å². The fraction of sp³-hybridized carbons (Fsp3) is 0.526. The van der Waals surface area contributed by atoms with Gasteiger partial charge in [-0.15, -0.1) is 0 Å². The highest BCUT2D eigenvalue weighted by molar-refractivity contribution is 6.30. The summed E-state index contributed by atoms with van der Waals surface area (Å²) in [6, 6.07) is 6.62. The Labute approximate surface area is 164 Å². The zero-order valence-corrected chi connectivity index (χ0v) is 16.5. The summed E-state index contributed by atoms with van der Waals surface area (Å²) in [6.45, 7) is 5.49.